The van der Waals surface area contributed by atoms with E-state index in [-0.39, 0.29) is 30.9 Å². The molecule has 1 aromatic carbocycles. The second-order valence-electron chi connectivity index (χ2n) is 5.74. The summed E-state index contributed by atoms with van der Waals surface area (Å²) in [4.78, 5) is 9.61. The fourth-order valence-corrected chi connectivity index (χ4v) is 3.22. The quantitative estimate of drug-likeness (QED) is 0.529. The third kappa shape index (κ3) is 5.50. The predicted molar refractivity (Wildman–Crippen MR) is 94.1 cm³/mol. The first-order valence-electron chi connectivity index (χ1n) is 7.26. The van der Waals surface area contributed by atoms with Crippen molar-refractivity contribution in [3.05, 3.63) is 28.1 Å². The van der Waals surface area contributed by atoms with Crippen molar-refractivity contribution in [2.45, 2.75) is 31.2 Å². The van der Waals surface area contributed by atoms with E-state index in [1.807, 2.05) is 13.8 Å². The van der Waals surface area contributed by atoms with Crippen LogP contribution in [0.25, 0.3) is 0 Å². The number of hydrogen-bond acceptors (Lipinski definition) is 6. The van der Waals surface area contributed by atoms with Crippen LogP contribution in [0.3, 0.4) is 0 Å². The molecule has 0 spiro atoms. The summed E-state index contributed by atoms with van der Waals surface area (Å²) in [5.41, 5.74) is 5.14. The molecule has 11 heteroatoms. The van der Waals surface area contributed by atoms with Crippen molar-refractivity contribution in [2.75, 3.05) is 20.7 Å². The van der Waals surface area contributed by atoms with E-state index >= 15 is 0 Å². The number of hydrogen-bond donors (Lipinski definition) is 1. The maximum Gasteiger partial charge on any atom is 0.315 e. The molecular weight excluding hydrogens is 377 g/mol. The van der Waals surface area contributed by atoms with E-state index in [0.717, 1.165) is 17.5 Å². The fourth-order valence-electron chi connectivity index (χ4n) is 2.01. The summed E-state index contributed by atoms with van der Waals surface area (Å²) >= 11 is 0. The van der Waals surface area contributed by atoms with Gasteiger partial charge in [-0.2, -0.15) is 0 Å². The van der Waals surface area contributed by atoms with Crippen LogP contribution in [0.2, 0.25) is 0 Å². The average Bonchev–Trinajstić information content (AvgIpc) is 2.50. The molecule has 144 valence electrons. The Balaban J connectivity index is 0.00000576. The number of benzene rings is 1. The Bertz CT molecular complexity index is 715. The number of sulfonamides is 1. The number of methoxy groups -OCH3 is 1. The normalized spacial score (nSPS) is 12.8. The number of rotatable bonds is 8. The van der Waals surface area contributed by atoms with Gasteiger partial charge in [0.2, 0.25) is 15.8 Å². The highest BCUT2D eigenvalue weighted by molar-refractivity contribution is 7.89. The van der Waals surface area contributed by atoms with Crippen molar-refractivity contribution in [1.82, 2.24) is 4.31 Å². The fraction of sp³-hybridized carbons (Fsp3) is 0.571. The third-order valence-corrected chi connectivity index (χ3v) is 5.57. The van der Waals surface area contributed by atoms with Crippen LogP contribution in [0.15, 0.2) is 17.0 Å². The third-order valence-electron chi connectivity index (χ3n) is 3.74. The van der Waals surface area contributed by atoms with Crippen LogP contribution in [-0.4, -0.2) is 44.4 Å². The van der Waals surface area contributed by atoms with Crippen LogP contribution in [0.4, 0.5) is 10.1 Å². The summed E-state index contributed by atoms with van der Waals surface area (Å²) in [5, 5.41) is 11.0. The van der Waals surface area contributed by atoms with E-state index in [0.29, 0.717) is 12.5 Å². The first kappa shape index (κ1) is 23.5. The van der Waals surface area contributed by atoms with Gasteiger partial charge in [-0.25, -0.2) is 17.1 Å². The van der Waals surface area contributed by atoms with Crippen LogP contribution in [0.1, 0.15) is 20.3 Å². The molecule has 0 aliphatic rings. The summed E-state index contributed by atoms with van der Waals surface area (Å²) in [5.74, 6) is -1.54. The smallest absolute Gasteiger partial charge is 0.315 e. The molecule has 1 aromatic rings. The molecule has 0 amide bonds. The molecule has 8 nitrogen and oxygen atoms in total. The molecule has 0 fully saturated rings. The first-order chi connectivity index (χ1) is 11.0. The molecule has 0 saturated carbocycles. The molecule has 1 rings (SSSR count). The number of nitro benzene ring substituents is 1. The van der Waals surface area contributed by atoms with Gasteiger partial charge in [0.25, 0.3) is 0 Å². The van der Waals surface area contributed by atoms with Crippen LogP contribution >= 0.6 is 12.4 Å². The molecule has 0 aliphatic carbocycles. The lowest BCUT2D eigenvalue weighted by Gasteiger charge is -2.21. The molecule has 0 saturated heterocycles. The minimum absolute atomic E-state index is 0. The average molecular weight is 400 g/mol. The van der Waals surface area contributed by atoms with Gasteiger partial charge in [0.05, 0.1) is 16.9 Å². The topological polar surface area (TPSA) is 116 Å². The number of nitrogens with zero attached hydrogens (tertiary/aromatic N) is 2. The zero-order chi connectivity index (χ0) is 18.7. The van der Waals surface area contributed by atoms with E-state index in [4.69, 9.17) is 5.73 Å². The lowest BCUT2D eigenvalue weighted by molar-refractivity contribution is -0.386. The molecule has 0 aliphatic heterocycles. The first-order valence-corrected chi connectivity index (χ1v) is 8.70. The van der Waals surface area contributed by atoms with Gasteiger partial charge in [0.1, 0.15) is 0 Å². The maximum atomic E-state index is 14.0. The second-order valence-corrected chi connectivity index (χ2v) is 7.78. The summed E-state index contributed by atoms with van der Waals surface area (Å²) in [6.45, 7) is 3.95. The Morgan fingerprint density at radius 3 is 2.40 bits per heavy atom. The van der Waals surface area contributed by atoms with Crippen LogP contribution in [0.5, 0.6) is 5.75 Å². The Morgan fingerprint density at radius 1 is 1.40 bits per heavy atom. The van der Waals surface area contributed by atoms with E-state index < -0.39 is 37.1 Å². The predicted octanol–water partition coefficient (Wildman–Crippen LogP) is 2.16. The molecule has 1 unspecified atom stereocenters. The van der Waals surface area contributed by atoms with Crippen molar-refractivity contribution < 1.29 is 22.5 Å². The Labute approximate surface area is 152 Å². The van der Waals surface area contributed by atoms with Crippen molar-refractivity contribution in [2.24, 2.45) is 11.7 Å². The van der Waals surface area contributed by atoms with Gasteiger partial charge in [-0.05, 0) is 18.4 Å². The minimum atomic E-state index is -4.09. The van der Waals surface area contributed by atoms with Gasteiger partial charge in [0.15, 0.2) is 5.82 Å². The number of nitrogens with two attached hydrogens (primary N) is 1. The standard InChI is InChI=1S/C14H22FN3O5S.ClH/c1-9(2)12(16)5-6-17(3)24(21,22)10-7-11(15)14(23-4)13(8-10)18(19)20;/h7-9,12H,5-6,16H2,1-4H3;1H. The van der Waals surface area contributed by atoms with Gasteiger partial charge < -0.3 is 10.5 Å². The van der Waals surface area contributed by atoms with Gasteiger partial charge in [0, 0.05) is 25.7 Å². The molecule has 25 heavy (non-hydrogen) atoms. The van der Waals surface area contributed by atoms with Gasteiger partial charge in [-0.15, -0.1) is 12.4 Å². The SMILES string of the molecule is COc1c(F)cc(S(=O)(=O)N(C)CCC(N)C(C)C)cc1[N+](=O)[O-].Cl. The molecule has 0 radical (unpaired) electrons. The highest BCUT2D eigenvalue weighted by Crippen LogP contribution is 2.33. The highest BCUT2D eigenvalue weighted by Gasteiger charge is 2.29. The van der Waals surface area contributed by atoms with Crippen molar-refractivity contribution >= 4 is 28.1 Å². The van der Waals surface area contributed by atoms with Gasteiger partial charge >= 0.3 is 5.69 Å². The lowest BCUT2D eigenvalue weighted by atomic mass is 10.0. The van der Waals surface area contributed by atoms with E-state index in [9.17, 15) is 22.9 Å². The largest absolute Gasteiger partial charge is 0.488 e. The number of halogens is 2. The second kappa shape index (κ2) is 9.27. The zero-order valence-electron chi connectivity index (χ0n) is 14.4. The minimum Gasteiger partial charge on any atom is -0.488 e. The lowest BCUT2D eigenvalue weighted by Crippen LogP contribution is -2.34. The molecule has 0 aromatic heterocycles. The van der Waals surface area contributed by atoms with Crippen LogP contribution in [-0.2, 0) is 10.0 Å². The number of nitro groups is 1. The molecule has 0 bridgehead atoms. The Morgan fingerprint density at radius 2 is 1.96 bits per heavy atom. The van der Waals surface area contributed by atoms with Crippen LogP contribution < -0.4 is 10.5 Å². The molecule has 1 atom stereocenters. The summed E-state index contributed by atoms with van der Waals surface area (Å²) < 4.78 is 44.6. The summed E-state index contributed by atoms with van der Waals surface area (Å²) in [7, 11) is -1.70. The van der Waals surface area contributed by atoms with Crippen LogP contribution in [0, 0.1) is 21.8 Å². The molecule has 0 heterocycles. The summed E-state index contributed by atoms with van der Waals surface area (Å²) in [6, 6.07) is 1.31. The Hall–Kier alpha value is -1.49. The van der Waals surface area contributed by atoms with Gasteiger partial charge in [-0.1, -0.05) is 13.8 Å². The molecule has 2 N–H and O–H groups in total. The van der Waals surface area contributed by atoms with Crippen molar-refractivity contribution in [3.63, 3.8) is 0 Å². The number of ether oxygens (including phenoxy) is 1. The van der Waals surface area contributed by atoms with Crippen molar-refractivity contribution in [3.8, 4) is 5.75 Å². The Kier molecular flexibility index (Phi) is 8.72. The zero-order valence-corrected chi connectivity index (χ0v) is 16.1. The van der Waals surface area contributed by atoms with Crippen molar-refractivity contribution in [1.29, 1.82) is 0 Å². The van der Waals surface area contributed by atoms with Gasteiger partial charge in [-0.3, -0.25) is 10.1 Å². The van der Waals surface area contributed by atoms with E-state index in [2.05, 4.69) is 4.74 Å². The monoisotopic (exact) mass is 399 g/mol. The highest BCUT2D eigenvalue weighted by atomic mass is 35.5. The summed E-state index contributed by atoms with van der Waals surface area (Å²) in [6.07, 6.45) is 0.411. The van der Waals surface area contributed by atoms with E-state index in [1.54, 1.807) is 0 Å². The molecular formula is C14H23ClFN3O5S. The maximum absolute atomic E-state index is 14.0. The van der Waals surface area contributed by atoms with E-state index in [1.165, 1.54) is 7.05 Å².